The molecule has 2 N–H and O–H groups in total. The van der Waals surface area contributed by atoms with Gasteiger partial charge in [-0.2, -0.15) is 0 Å². The van der Waals surface area contributed by atoms with Crippen molar-refractivity contribution in [2.45, 2.75) is 6.92 Å². The van der Waals surface area contributed by atoms with Crippen LogP contribution in [0.2, 0.25) is 10.0 Å². The fourth-order valence-electron chi connectivity index (χ4n) is 0.950. The number of nitrogens with two attached hydrogens (primary N) is 1. The molecule has 0 saturated carbocycles. The molecule has 0 aliphatic carbocycles. The Hall–Kier alpha value is -0.730. The van der Waals surface area contributed by atoms with Gasteiger partial charge in [-0.1, -0.05) is 29.3 Å². The van der Waals surface area contributed by atoms with Crippen LogP contribution in [0.4, 0.5) is 0 Å². The number of hydrogen-bond acceptors (Lipinski definition) is 1. The van der Waals surface area contributed by atoms with Crippen molar-refractivity contribution < 1.29 is 4.79 Å². The molecule has 64 valence electrons. The van der Waals surface area contributed by atoms with Crippen molar-refractivity contribution in [2.75, 3.05) is 0 Å². The topological polar surface area (TPSA) is 43.1 Å². The van der Waals surface area contributed by atoms with Crippen molar-refractivity contribution in [1.29, 1.82) is 0 Å². The Bertz CT molecular complexity index is 336. The maximum absolute atomic E-state index is 10.9. The van der Waals surface area contributed by atoms with E-state index in [1.807, 2.05) is 0 Å². The van der Waals surface area contributed by atoms with Gasteiger partial charge in [-0.15, -0.1) is 0 Å². The van der Waals surface area contributed by atoms with Crippen molar-refractivity contribution in [3.8, 4) is 0 Å². The largest absolute Gasteiger partial charge is 0.366 e. The summed E-state index contributed by atoms with van der Waals surface area (Å²) in [6.45, 7) is 1.75. The number of amides is 1. The second-order valence-corrected chi connectivity index (χ2v) is 3.20. The molecule has 1 amide bonds. The second-order valence-electron chi connectivity index (χ2n) is 2.42. The molecule has 0 fully saturated rings. The minimum atomic E-state index is -0.556. The summed E-state index contributed by atoms with van der Waals surface area (Å²) in [6.07, 6.45) is 0. The van der Waals surface area contributed by atoms with Crippen molar-refractivity contribution >= 4 is 29.1 Å². The van der Waals surface area contributed by atoms with Crippen molar-refractivity contribution in [2.24, 2.45) is 5.73 Å². The number of benzene rings is 1. The molecule has 0 saturated heterocycles. The highest BCUT2D eigenvalue weighted by Gasteiger charge is 2.12. The van der Waals surface area contributed by atoms with E-state index in [0.29, 0.717) is 10.6 Å². The Morgan fingerprint density at radius 2 is 2.00 bits per heavy atom. The van der Waals surface area contributed by atoms with E-state index in [0.717, 1.165) is 5.56 Å². The van der Waals surface area contributed by atoms with Gasteiger partial charge in [-0.25, -0.2) is 0 Å². The van der Waals surface area contributed by atoms with Crippen LogP contribution < -0.4 is 5.73 Å². The molecule has 2 nitrogen and oxygen atoms in total. The summed E-state index contributed by atoms with van der Waals surface area (Å²) in [5, 5.41) is 0.570. The summed E-state index contributed by atoms with van der Waals surface area (Å²) in [7, 11) is 0. The average molecular weight is 204 g/mol. The monoisotopic (exact) mass is 203 g/mol. The van der Waals surface area contributed by atoms with Crippen molar-refractivity contribution in [1.82, 2.24) is 0 Å². The number of aryl methyl sites for hydroxylation is 1. The number of primary amides is 1. The zero-order valence-corrected chi connectivity index (χ0v) is 7.91. The van der Waals surface area contributed by atoms with Crippen LogP contribution in [0.3, 0.4) is 0 Å². The van der Waals surface area contributed by atoms with Crippen LogP contribution in [0.5, 0.6) is 0 Å². The first-order chi connectivity index (χ1) is 5.54. The molecule has 0 heterocycles. The summed E-state index contributed by atoms with van der Waals surface area (Å²) >= 11 is 11.5. The van der Waals surface area contributed by atoms with Crippen LogP contribution in [0.15, 0.2) is 12.1 Å². The first kappa shape index (κ1) is 9.36. The molecule has 0 aliphatic heterocycles. The number of hydrogen-bond donors (Lipinski definition) is 1. The highest BCUT2D eigenvalue weighted by Crippen LogP contribution is 2.27. The molecule has 0 spiro atoms. The van der Waals surface area contributed by atoms with E-state index < -0.39 is 5.91 Å². The Morgan fingerprint density at radius 3 is 2.42 bits per heavy atom. The highest BCUT2D eigenvalue weighted by molar-refractivity contribution is 6.44. The van der Waals surface area contributed by atoms with Gasteiger partial charge < -0.3 is 5.73 Å². The van der Waals surface area contributed by atoms with Crippen LogP contribution in [0.25, 0.3) is 0 Å². The Kier molecular flexibility index (Phi) is 2.60. The van der Waals surface area contributed by atoms with Gasteiger partial charge >= 0.3 is 0 Å². The lowest BCUT2D eigenvalue weighted by atomic mass is 10.1. The first-order valence-electron chi connectivity index (χ1n) is 3.28. The van der Waals surface area contributed by atoms with E-state index in [9.17, 15) is 4.79 Å². The smallest absolute Gasteiger partial charge is 0.250 e. The SMILES string of the molecule is Cc1ccc(Cl)c(Cl)c1C(N)=O. The van der Waals surface area contributed by atoms with Crippen LogP contribution in [0, 0.1) is 6.92 Å². The quantitative estimate of drug-likeness (QED) is 0.749. The van der Waals surface area contributed by atoms with Gasteiger partial charge in [0.15, 0.2) is 0 Å². The van der Waals surface area contributed by atoms with Gasteiger partial charge in [0.05, 0.1) is 15.6 Å². The number of carbonyl (C=O) groups is 1. The lowest BCUT2D eigenvalue weighted by Crippen LogP contribution is -2.13. The molecule has 0 unspecified atom stereocenters. The molecule has 1 aromatic carbocycles. The summed E-state index contributed by atoms with van der Waals surface area (Å²) in [6, 6.07) is 3.33. The molecule has 0 aliphatic rings. The van der Waals surface area contributed by atoms with Gasteiger partial charge in [-0.05, 0) is 18.6 Å². The predicted octanol–water partition coefficient (Wildman–Crippen LogP) is 2.40. The van der Waals surface area contributed by atoms with Gasteiger partial charge in [0.1, 0.15) is 0 Å². The average Bonchev–Trinajstić information content (AvgIpc) is 1.97. The minimum absolute atomic E-state index is 0.226. The Morgan fingerprint density at radius 1 is 1.42 bits per heavy atom. The van der Waals surface area contributed by atoms with Crippen molar-refractivity contribution in [3.05, 3.63) is 33.3 Å². The molecule has 1 rings (SSSR count). The fourth-order valence-corrected chi connectivity index (χ4v) is 1.41. The van der Waals surface area contributed by atoms with Crippen LogP contribution in [-0.2, 0) is 0 Å². The predicted molar refractivity (Wildman–Crippen MR) is 49.7 cm³/mol. The lowest BCUT2D eigenvalue weighted by molar-refractivity contribution is 0.1000. The number of halogens is 2. The van der Waals surface area contributed by atoms with Crippen molar-refractivity contribution in [3.63, 3.8) is 0 Å². The van der Waals surface area contributed by atoms with E-state index in [1.165, 1.54) is 0 Å². The van der Waals surface area contributed by atoms with Gasteiger partial charge in [0.25, 0.3) is 5.91 Å². The summed E-state index contributed by atoms with van der Waals surface area (Å²) in [5.74, 6) is -0.556. The van der Waals surface area contributed by atoms with Crippen LogP contribution in [0.1, 0.15) is 15.9 Å². The third-order valence-corrected chi connectivity index (χ3v) is 2.35. The maximum atomic E-state index is 10.9. The third-order valence-electron chi connectivity index (χ3n) is 1.55. The van der Waals surface area contributed by atoms with Gasteiger partial charge in [-0.3, -0.25) is 4.79 Å². The van der Waals surface area contributed by atoms with Gasteiger partial charge in [0.2, 0.25) is 0 Å². The highest BCUT2D eigenvalue weighted by atomic mass is 35.5. The van der Waals surface area contributed by atoms with Crippen LogP contribution in [-0.4, -0.2) is 5.91 Å². The van der Waals surface area contributed by atoms with E-state index >= 15 is 0 Å². The van der Waals surface area contributed by atoms with E-state index in [2.05, 4.69) is 0 Å². The molecule has 4 heteroatoms. The maximum Gasteiger partial charge on any atom is 0.250 e. The Balaban J connectivity index is 3.43. The first-order valence-corrected chi connectivity index (χ1v) is 4.04. The zero-order chi connectivity index (χ0) is 9.30. The zero-order valence-electron chi connectivity index (χ0n) is 6.40. The summed E-state index contributed by atoms with van der Waals surface area (Å²) in [5.41, 5.74) is 6.13. The summed E-state index contributed by atoms with van der Waals surface area (Å²) < 4.78 is 0. The number of rotatable bonds is 1. The molecule has 12 heavy (non-hydrogen) atoms. The third kappa shape index (κ3) is 1.54. The van der Waals surface area contributed by atoms with E-state index in [-0.39, 0.29) is 5.02 Å². The molecule has 0 aromatic heterocycles. The molecule has 1 aromatic rings. The van der Waals surface area contributed by atoms with E-state index in [4.69, 9.17) is 28.9 Å². The van der Waals surface area contributed by atoms with E-state index in [1.54, 1.807) is 19.1 Å². The second kappa shape index (κ2) is 3.33. The molecule has 0 atom stereocenters. The molecule has 0 radical (unpaired) electrons. The standard InChI is InChI=1S/C8H7Cl2NO/c1-4-2-3-5(9)7(10)6(4)8(11)12/h2-3H,1H3,(H2,11,12). The normalized spacial score (nSPS) is 9.92. The summed E-state index contributed by atoms with van der Waals surface area (Å²) in [4.78, 5) is 10.9. The van der Waals surface area contributed by atoms with Crippen LogP contribution >= 0.6 is 23.2 Å². The minimum Gasteiger partial charge on any atom is -0.366 e. The van der Waals surface area contributed by atoms with Gasteiger partial charge in [0, 0.05) is 0 Å². The number of carbonyl (C=O) groups excluding carboxylic acids is 1. The Labute approximate surface area is 80.3 Å². The fraction of sp³-hybridized carbons (Fsp3) is 0.125. The lowest BCUT2D eigenvalue weighted by Gasteiger charge is -2.04. The molecular weight excluding hydrogens is 197 g/mol. The molecular formula is C8H7Cl2NO. The molecule has 0 bridgehead atoms.